The normalized spacial score (nSPS) is 14.5. The zero-order valence-electron chi connectivity index (χ0n) is 15.4. The van der Waals surface area contributed by atoms with Crippen molar-refractivity contribution in [3.05, 3.63) is 59.6 Å². The summed E-state index contributed by atoms with van der Waals surface area (Å²) in [5.74, 6) is 0.527. The average molecular weight is 408 g/mol. The molecule has 1 aliphatic rings. The zero-order chi connectivity index (χ0) is 19.8. The van der Waals surface area contributed by atoms with Gasteiger partial charge in [0, 0.05) is 31.7 Å². The number of piperazine rings is 1. The lowest BCUT2D eigenvalue weighted by Crippen LogP contribution is -2.49. The Bertz CT molecular complexity index is 1160. The van der Waals surface area contributed by atoms with E-state index in [-0.39, 0.29) is 11.7 Å². The van der Waals surface area contributed by atoms with Gasteiger partial charge in [-0.15, -0.1) is 11.3 Å². The molecule has 1 aromatic carbocycles. The third kappa shape index (κ3) is 3.33. The molecule has 5 rings (SSSR count). The molecule has 4 aromatic rings. The molecule has 0 aliphatic carbocycles. The summed E-state index contributed by atoms with van der Waals surface area (Å²) >= 11 is 1.60. The quantitative estimate of drug-likeness (QED) is 0.563. The van der Waals surface area contributed by atoms with Crippen molar-refractivity contribution >= 4 is 33.3 Å². The van der Waals surface area contributed by atoms with E-state index < -0.39 is 0 Å². The largest absolute Gasteiger partial charge is 0.352 e. The summed E-state index contributed by atoms with van der Waals surface area (Å²) in [4.78, 5) is 26.6. The van der Waals surface area contributed by atoms with Crippen molar-refractivity contribution in [2.45, 2.75) is 0 Å². The highest BCUT2D eigenvalue weighted by Gasteiger charge is 2.25. The van der Waals surface area contributed by atoms with Crippen LogP contribution < -0.4 is 4.90 Å². The van der Waals surface area contributed by atoms with Crippen molar-refractivity contribution in [2.24, 2.45) is 0 Å². The Hall–Kier alpha value is -3.33. The SMILES string of the molecule is O=C(c1cc(-c2ccc(F)cc2)n[nH]1)N1CCN(c2ncnc3sccc23)CC1. The number of hydrogen-bond acceptors (Lipinski definition) is 6. The first-order chi connectivity index (χ1) is 14.2. The molecule has 146 valence electrons. The summed E-state index contributed by atoms with van der Waals surface area (Å²) in [6.45, 7) is 2.60. The summed E-state index contributed by atoms with van der Waals surface area (Å²) in [6.07, 6.45) is 1.59. The molecule has 9 heteroatoms. The van der Waals surface area contributed by atoms with Crippen molar-refractivity contribution < 1.29 is 9.18 Å². The minimum Gasteiger partial charge on any atom is -0.352 e. The van der Waals surface area contributed by atoms with Crippen LogP contribution in [0.2, 0.25) is 0 Å². The molecule has 7 nitrogen and oxygen atoms in total. The number of H-pyrrole nitrogens is 1. The Balaban J connectivity index is 1.28. The highest BCUT2D eigenvalue weighted by atomic mass is 32.1. The van der Waals surface area contributed by atoms with Crippen LogP contribution in [0.1, 0.15) is 10.5 Å². The van der Waals surface area contributed by atoms with Crippen LogP contribution in [0.4, 0.5) is 10.2 Å². The van der Waals surface area contributed by atoms with E-state index in [0.717, 1.165) is 21.6 Å². The molecule has 1 N–H and O–H groups in total. The standard InChI is InChI=1S/C20H17FN6OS/c21-14-3-1-13(2-4-14)16-11-17(25-24-16)20(28)27-8-6-26(7-9-27)18-15-5-10-29-19(15)23-12-22-18/h1-5,10-12H,6-9H2,(H,24,25). The van der Waals surface area contributed by atoms with Gasteiger partial charge >= 0.3 is 0 Å². The summed E-state index contributed by atoms with van der Waals surface area (Å²) in [5.41, 5.74) is 1.81. The molecular formula is C20H17FN6OS. The number of aromatic amines is 1. The van der Waals surface area contributed by atoms with Crippen LogP contribution in [0.5, 0.6) is 0 Å². The van der Waals surface area contributed by atoms with E-state index in [9.17, 15) is 9.18 Å². The Kier molecular flexibility index (Phi) is 4.44. The van der Waals surface area contributed by atoms with Crippen molar-refractivity contribution in [3.8, 4) is 11.3 Å². The molecule has 0 spiro atoms. The summed E-state index contributed by atoms with van der Waals surface area (Å²) in [6, 6.07) is 9.79. The maximum absolute atomic E-state index is 13.1. The van der Waals surface area contributed by atoms with Crippen LogP contribution in [0.15, 0.2) is 48.1 Å². The second-order valence-electron chi connectivity index (χ2n) is 6.79. The first-order valence-electron chi connectivity index (χ1n) is 9.23. The predicted octanol–water partition coefficient (Wildman–Crippen LogP) is 3.18. The van der Waals surface area contributed by atoms with Crippen LogP contribution in [0.3, 0.4) is 0 Å². The molecule has 0 atom stereocenters. The van der Waals surface area contributed by atoms with Crippen molar-refractivity contribution in [1.82, 2.24) is 25.1 Å². The van der Waals surface area contributed by atoms with Gasteiger partial charge in [-0.05, 0) is 41.8 Å². The average Bonchev–Trinajstić information content (AvgIpc) is 3.43. The zero-order valence-corrected chi connectivity index (χ0v) is 16.2. The van der Waals surface area contributed by atoms with E-state index in [0.29, 0.717) is 37.6 Å². The van der Waals surface area contributed by atoms with E-state index in [1.54, 1.807) is 35.9 Å². The van der Waals surface area contributed by atoms with Gasteiger partial charge in [-0.1, -0.05) is 0 Å². The Labute approximate surface area is 169 Å². The lowest BCUT2D eigenvalue weighted by atomic mass is 10.1. The van der Waals surface area contributed by atoms with Crippen molar-refractivity contribution in [3.63, 3.8) is 0 Å². The predicted molar refractivity (Wildman–Crippen MR) is 110 cm³/mol. The molecule has 1 saturated heterocycles. The number of rotatable bonds is 3. The van der Waals surface area contributed by atoms with Gasteiger partial charge in [0.05, 0.1) is 11.1 Å². The fourth-order valence-electron chi connectivity index (χ4n) is 3.52. The molecule has 0 radical (unpaired) electrons. The number of amides is 1. The number of carbonyl (C=O) groups is 1. The van der Waals surface area contributed by atoms with Crippen LogP contribution >= 0.6 is 11.3 Å². The first kappa shape index (κ1) is 17.7. The Morgan fingerprint density at radius 1 is 1.07 bits per heavy atom. The van der Waals surface area contributed by atoms with E-state index >= 15 is 0 Å². The molecule has 1 aliphatic heterocycles. The van der Waals surface area contributed by atoms with Gasteiger partial charge in [0.25, 0.3) is 5.91 Å². The molecule has 1 amide bonds. The lowest BCUT2D eigenvalue weighted by Gasteiger charge is -2.35. The second kappa shape index (κ2) is 7.25. The molecule has 1 fully saturated rings. The molecule has 0 bridgehead atoms. The summed E-state index contributed by atoms with van der Waals surface area (Å²) in [5, 5.41) is 10.1. The van der Waals surface area contributed by atoms with Crippen molar-refractivity contribution in [1.29, 1.82) is 0 Å². The fraction of sp³-hybridized carbons (Fsp3) is 0.200. The smallest absolute Gasteiger partial charge is 0.272 e. The molecule has 0 unspecified atom stereocenters. The topological polar surface area (TPSA) is 78.0 Å². The monoisotopic (exact) mass is 408 g/mol. The lowest BCUT2D eigenvalue weighted by molar-refractivity contribution is 0.0740. The van der Waals surface area contributed by atoms with Crippen LogP contribution in [0.25, 0.3) is 21.5 Å². The minimum atomic E-state index is -0.304. The van der Waals surface area contributed by atoms with Crippen LogP contribution in [0, 0.1) is 5.82 Å². The van der Waals surface area contributed by atoms with E-state index in [2.05, 4.69) is 25.1 Å². The van der Waals surface area contributed by atoms with Gasteiger partial charge in [-0.2, -0.15) is 5.10 Å². The molecule has 3 aromatic heterocycles. The van der Waals surface area contributed by atoms with Gasteiger partial charge in [-0.3, -0.25) is 9.89 Å². The first-order valence-corrected chi connectivity index (χ1v) is 10.1. The summed E-state index contributed by atoms with van der Waals surface area (Å²) in [7, 11) is 0. The fourth-order valence-corrected chi connectivity index (χ4v) is 4.25. The number of halogens is 1. The number of nitrogens with zero attached hydrogens (tertiary/aromatic N) is 5. The van der Waals surface area contributed by atoms with Gasteiger partial charge in [0.2, 0.25) is 0 Å². The van der Waals surface area contributed by atoms with Gasteiger partial charge in [0.15, 0.2) is 0 Å². The summed E-state index contributed by atoms with van der Waals surface area (Å²) < 4.78 is 13.1. The molecular weight excluding hydrogens is 391 g/mol. The second-order valence-corrected chi connectivity index (χ2v) is 7.68. The third-order valence-electron chi connectivity index (χ3n) is 5.06. The molecule has 0 saturated carbocycles. The highest BCUT2D eigenvalue weighted by molar-refractivity contribution is 7.16. The van der Waals surface area contributed by atoms with Gasteiger partial charge < -0.3 is 9.80 Å². The van der Waals surface area contributed by atoms with Gasteiger partial charge in [0.1, 0.15) is 28.5 Å². The Morgan fingerprint density at radius 2 is 1.86 bits per heavy atom. The van der Waals surface area contributed by atoms with Gasteiger partial charge in [-0.25, -0.2) is 14.4 Å². The highest BCUT2D eigenvalue weighted by Crippen LogP contribution is 2.27. The Morgan fingerprint density at radius 3 is 2.66 bits per heavy atom. The number of carbonyl (C=O) groups excluding carboxylic acids is 1. The number of thiophene rings is 1. The van der Waals surface area contributed by atoms with Crippen molar-refractivity contribution in [2.75, 3.05) is 31.1 Å². The number of aromatic nitrogens is 4. The number of anilines is 1. The van der Waals surface area contributed by atoms with E-state index in [1.807, 2.05) is 16.3 Å². The number of fused-ring (bicyclic) bond motifs is 1. The van der Waals surface area contributed by atoms with Crippen LogP contribution in [-0.4, -0.2) is 57.2 Å². The van der Waals surface area contributed by atoms with Crippen LogP contribution in [-0.2, 0) is 0 Å². The molecule has 29 heavy (non-hydrogen) atoms. The molecule has 4 heterocycles. The number of hydrogen-bond donors (Lipinski definition) is 1. The maximum atomic E-state index is 13.1. The number of benzene rings is 1. The van der Waals surface area contributed by atoms with E-state index in [1.165, 1.54) is 12.1 Å². The third-order valence-corrected chi connectivity index (χ3v) is 5.88. The van der Waals surface area contributed by atoms with E-state index in [4.69, 9.17) is 0 Å². The minimum absolute atomic E-state index is 0.0890. The maximum Gasteiger partial charge on any atom is 0.272 e. The number of nitrogens with one attached hydrogen (secondary N) is 1.